The molecule has 9 nitrogen and oxygen atoms in total. The number of nitrogens with one attached hydrogen (secondary N) is 2. The number of pyridine rings is 2. The van der Waals surface area contributed by atoms with Gasteiger partial charge in [0.05, 0.1) is 11.3 Å². The molecule has 0 bridgehead atoms. The van der Waals surface area contributed by atoms with Gasteiger partial charge in [-0.1, -0.05) is 24.0 Å². The summed E-state index contributed by atoms with van der Waals surface area (Å²) in [4.78, 5) is 44.2. The molecule has 4 N–H and O–H groups in total. The molecule has 0 fully saturated rings. The Kier molecular flexibility index (Phi) is 7.10. The van der Waals surface area contributed by atoms with E-state index < -0.39 is 17.8 Å². The molecule has 9 heteroatoms. The molecule has 0 unspecified atom stereocenters. The van der Waals surface area contributed by atoms with E-state index in [1.54, 1.807) is 48.2 Å². The van der Waals surface area contributed by atoms with Gasteiger partial charge in [-0.25, -0.2) is 15.3 Å². The lowest BCUT2D eigenvalue weighted by molar-refractivity contribution is 0.0693. The van der Waals surface area contributed by atoms with Gasteiger partial charge in [0.1, 0.15) is 5.82 Å². The van der Waals surface area contributed by atoms with Crippen LogP contribution in [-0.2, 0) is 0 Å². The second kappa shape index (κ2) is 10.7. The van der Waals surface area contributed by atoms with Crippen LogP contribution in [0.3, 0.4) is 0 Å². The van der Waals surface area contributed by atoms with E-state index in [-0.39, 0.29) is 22.5 Å². The highest BCUT2D eigenvalue weighted by Gasteiger charge is 2.14. The Labute approximate surface area is 205 Å². The highest BCUT2D eigenvalue weighted by Crippen LogP contribution is 2.22. The first kappa shape index (κ1) is 23.8. The molecular formula is C27H18N4O5. The molecule has 0 aliphatic carbocycles. The van der Waals surface area contributed by atoms with E-state index in [2.05, 4.69) is 27.1 Å². The molecule has 176 valence electrons. The third kappa shape index (κ3) is 5.77. The van der Waals surface area contributed by atoms with Crippen LogP contribution in [0.25, 0.3) is 11.3 Å². The summed E-state index contributed by atoms with van der Waals surface area (Å²) in [6.45, 7) is 0. The van der Waals surface area contributed by atoms with Crippen LogP contribution < -0.4 is 10.8 Å². The Hall–Kier alpha value is -5.33. The van der Waals surface area contributed by atoms with Crippen molar-refractivity contribution in [2.24, 2.45) is 0 Å². The molecule has 2 aromatic carbocycles. The number of carboxylic acids is 1. The number of hydrogen-bond acceptors (Lipinski definition) is 6. The fraction of sp³-hybridized carbons (Fsp3) is 0. The first-order valence-corrected chi connectivity index (χ1v) is 10.6. The van der Waals surface area contributed by atoms with E-state index >= 15 is 0 Å². The standard InChI is InChI=1S/C27H18N4O5/c32-25(20-9-11-21(12-10-20)27(34)35)30-24-15-22(26(33)31-36)14-23(29-24)19-7-5-17(6-8-19)3-4-18-2-1-13-28-16-18/h1-2,5-16,36H,(H,31,33)(H,34,35)(H,29,30,32). The first-order chi connectivity index (χ1) is 17.4. The molecule has 0 spiro atoms. The molecule has 2 aromatic heterocycles. The van der Waals surface area contributed by atoms with E-state index in [1.807, 2.05) is 6.07 Å². The van der Waals surface area contributed by atoms with Crippen molar-refractivity contribution in [3.8, 4) is 23.1 Å². The second-order valence-electron chi connectivity index (χ2n) is 7.47. The second-order valence-corrected chi connectivity index (χ2v) is 7.47. The summed E-state index contributed by atoms with van der Waals surface area (Å²) in [5.41, 5.74) is 4.45. The van der Waals surface area contributed by atoms with Crippen molar-refractivity contribution < 1.29 is 24.7 Å². The van der Waals surface area contributed by atoms with Crippen molar-refractivity contribution in [2.45, 2.75) is 0 Å². The maximum Gasteiger partial charge on any atom is 0.335 e. The van der Waals surface area contributed by atoms with Crippen LogP contribution in [0.2, 0.25) is 0 Å². The van der Waals surface area contributed by atoms with Crippen molar-refractivity contribution in [1.82, 2.24) is 15.4 Å². The van der Waals surface area contributed by atoms with Gasteiger partial charge >= 0.3 is 5.97 Å². The van der Waals surface area contributed by atoms with Crippen LogP contribution in [0.5, 0.6) is 0 Å². The number of aromatic carboxylic acids is 1. The highest BCUT2D eigenvalue weighted by molar-refractivity contribution is 6.05. The first-order valence-electron chi connectivity index (χ1n) is 10.6. The number of hydroxylamine groups is 1. The zero-order valence-corrected chi connectivity index (χ0v) is 18.6. The molecule has 36 heavy (non-hydrogen) atoms. The lowest BCUT2D eigenvalue weighted by Crippen LogP contribution is -2.20. The molecule has 0 atom stereocenters. The number of hydrogen-bond donors (Lipinski definition) is 4. The third-order valence-corrected chi connectivity index (χ3v) is 5.02. The summed E-state index contributed by atoms with van der Waals surface area (Å²) in [6, 6.07) is 18.9. The molecule has 2 heterocycles. The molecular weight excluding hydrogens is 460 g/mol. The van der Waals surface area contributed by atoms with Gasteiger partial charge in [-0.15, -0.1) is 0 Å². The number of anilines is 1. The number of benzene rings is 2. The maximum atomic E-state index is 12.7. The Morgan fingerprint density at radius 3 is 2.11 bits per heavy atom. The minimum atomic E-state index is -1.11. The fourth-order valence-electron chi connectivity index (χ4n) is 3.20. The van der Waals surface area contributed by atoms with Gasteiger partial charge in [0.2, 0.25) is 0 Å². The van der Waals surface area contributed by atoms with Crippen molar-refractivity contribution >= 4 is 23.6 Å². The van der Waals surface area contributed by atoms with Crippen molar-refractivity contribution in [3.63, 3.8) is 0 Å². The molecule has 0 radical (unpaired) electrons. The average molecular weight is 478 g/mol. The topological polar surface area (TPSA) is 142 Å². The van der Waals surface area contributed by atoms with Gasteiger partial charge in [-0.2, -0.15) is 0 Å². The number of carbonyl (C=O) groups excluding carboxylic acids is 2. The number of nitrogens with zero attached hydrogens (tertiary/aromatic N) is 2. The quantitative estimate of drug-likeness (QED) is 0.195. The molecule has 0 aliphatic rings. The number of amides is 2. The minimum absolute atomic E-state index is 0.0437. The smallest absolute Gasteiger partial charge is 0.335 e. The molecule has 2 amide bonds. The zero-order chi connectivity index (χ0) is 25.5. The number of rotatable bonds is 5. The van der Waals surface area contributed by atoms with E-state index in [0.717, 1.165) is 11.1 Å². The van der Waals surface area contributed by atoms with E-state index in [9.17, 15) is 14.4 Å². The van der Waals surface area contributed by atoms with Crippen LogP contribution in [0.1, 0.15) is 42.2 Å². The minimum Gasteiger partial charge on any atom is -0.478 e. The molecule has 0 saturated heterocycles. The van der Waals surface area contributed by atoms with Gasteiger partial charge in [0.15, 0.2) is 0 Å². The number of aromatic nitrogens is 2. The Morgan fingerprint density at radius 1 is 0.778 bits per heavy atom. The van der Waals surface area contributed by atoms with Crippen molar-refractivity contribution in [2.75, 3.05) is 5.32 Å². The van der Waals surface area contributed by atoms with Crippen molar-refractivity contribution in [1.29, 1.82) is 0 Å². The summed E-state index contributed by atoms with van der Waals surface area (Å²) in [7, 11) is 0. The summed E-state index contributed by atoms with van der Waals surface area (Å²) < 4.78 is 0. The Bertz CT molecular complexity index is 1490. The van der Waals surface area contributed by atoms with Crippen LogP contribution in [0.4, 0.5) is 5.82 Å². The van der Waals surface area contributed by atoms with E-state index in [0.29, 0.717) is 11.3 Å². The predicted molar refractivity (Wildman–Crippen MR) is 130 cm³/mol. The Morgan fingerprint density at radius 2 is 1.47 bits per heavy atom. The zero-order valence-electron chi connectivity index (χ0n) is 18.6. The summed E-state index contributed by atoms with van der Waals surface area (Å²) in [5.74, 6) is 3.70. The molecule has 4 aromatic rings. The van der Waals surface area contributed by atoms with Gasteiger partial charge in [0, 0.05) is 40.2 Å². The summed E-state index contributed by atoms with van der Waals surface area (Å²) in [6.07, 6.45) is 3.34. The Balaban J connectivity index is 1.60. The van der Waals surface area contributed by atoms with Gasteiger partial charge in [-0.05, 0) is 60.7 Å². The highest BCUT2D eigenvalue weighted by atomic mass is 16.5. The van der Waals surface area contributed by atoms with Crippen LogP contribution in [0.15, 0.2) is 85.2 Å². The van der Waals surface area contributed by atoms with Crippen molar-refractivity contribution in [3.05, 3.63) is 113 Å². The SMILES string of the molecule is O=C(O)c1ccc(C(=O)Nc2cc(C(=O)NO)cc(-c3ccc(C#Cc4cccnc4)cc3)n2)cc1. The third-order valence-electron chi connectivity index (χ3n) is 5.02. The largest absolute Gasteiger partial charge is 0.478 e. The maximum absolute atomic E-state index is 12.7. The normalized spacial score (nSPS) is 10.0. The fourth-order valence-corrected chi connectivity index (χ4v) is 3.20. The van der Waals surface area contributed by atoms with Gasteiger partial charge < -0.3 is 10.4 Å². The van der Waals surface area contributed by atoms with Gasteiger partial charge in [0.25, 0.3) is 11.8 Å². The molecule has 4 rings (SSSR count). The van der Waals surface area contributed by atoms with E-state index in [4.69, 9.17) is 10.3 Å². The monoisotopic (exact) mass is 478 g/mol. The average Bonchev–Trinajstić information content (AvgIpc) is 2.92. The molecule has 0 saturated carbocycles. The van der Waals surface area contributed by atoms with Crippen LogP contribution in [-0.4, -0.2) is 38.1 Å². The lowest BCUT2D eigenvalue weighted by atomic mass is 10.1. The molecule has 0 aliphatic heterocycles. The predicted octanol–water partition coefficient (Wildman–Crippen LogP) is 3.61. The number of carboxylic acid groups (broad SMARTS) is 1. The summed E-state index contributed by atoms with van der Waals surface area (Å²) >= 11 is 0. The van der Waals surface area contributed by atoms with Crippen LogP contribution in [0, 0.1) is 11.8 Å². The van der Waals surface area contributed by atoms with E-state index in [1.165, 1.54) is 36.4 Å². The number of carbonyl (C=O) groups is 3. The summed E-state index contributed by atoms with van der Waals surface area (Å²) in [5, 5.41) is 20.7. The van der Waals surface area contributed by atoms with Crippen LogP contribution >= 0.6 is 0 Å². The van der Waals surface area contributed by atoms with Gasteiger partial charge in [-0.3, -0.25) is 19.8 Å². The lowest BCUT2D eigenvalue weighted by Gasteiger charge is -2.10.